The number of pyridine rings is 1. The number of nitrogens with zero attached hydrogens (tertiary/aromatic N) is 3. The number of hydrogen-bond acceptors (Lipinski definition) is 4. The van der Waals surface area contributed by atoms with Crippen molar-refractivity contribution in [2.24, 2.45) is 0 Å². The molecule has 3 aromatic rings. The summed E-state index contributed by atoms with van der Waals surface area (Å²) in [6.45, 7) is 6.27. The van der Waals surface area contributed by atoms with Crippen molar-refractivity contribution >= 4 is 16.9 Å². The molecule has 2 aromatic heterocycles. The van der Waals surface area contributed by atoms with E-state index < -0.39 is 0 Å². The van der Waals surface area contributed by atoms with Crippen LogP contribution < -0.4 is 4.74 Å². The number of aromatic nitrogens is 2. The fourth-order valence-corrected chi connectivity index (χ4v) is 4.02. The van der Waals surface area contributed by atoms with Crippen LogP contribution in [0.4, 0.5) is 4.39 Å². The average molecular weight is 396 g/mol. The molecule has 1 saturated heterocycles. The summed E-state index contributed by atoms with van der Waals surface area (Å²) in [6, 6.07) is 10.5. The normalized spacial score (nSPS) is 18.8. The van der Waals surface area contributed by atoms with Gasteiger partial charge in [0.1, 0.15) is 17.0 Å². The minimum absolute atomic E-state index is 0.0331. The van der Waals surface area contributed by atoms with Crippen molar-refractivity contribution in [1.29, 1.82) is 0 Å². The summed E-state index contributed by atoms with van der Waals surface area (Å²) >= 11 is 0. The average Bonchev–Trinajstić information content (AvgIpc) is 3.19. The van der Waals surface area contributed by atoms with Gasteiger partial charge in [-0.2, -0.15) is 4.98 Å². The molecule has 2 atom stereocenters. The highest BCUT2D eigenvalue weighted by Gasteiger charge is 2.32. The van der Waals surface area contributed by atoms with Gasteiger partial charge in [-0.3, -0.25) is 9.69 Å². The quantitative estimate of drug-likeness (QED) is 0.732. The monoisotopic (exact) mass is 396 g/mol. The van der Waals surface area contributed by atoms with Gasteiger partial charge < -0.3 is 14.6 Å². The van der Waals surface area contributed by atoms with Gasteiger partial charge in [0.2, 0.25) is 5.88 Å². The minimum atomic E-state index is -0.230. The molecule has 29 heavy (non-hydrogen) atoms. The summed E-state index contributed by atoms with van der Waals surface area (Å²) in [5, 5.41) is 0.880. The summed E-state index contributed by atoms with van der Waals surface area (Å²) in [7, 11) is 1.53. The molecule has 1 aliphatic rings. The first-order chi connectivity index (χ1) is 14.0. The third-order valence-corrected chi connectivity index (χ3v) is 5.74. The van der Waals surface area contributed by atoms with Crippen molar-refractivity contribution in [3.63, 3.8) is 0 Å². The summed E-state index contributed by atoms with van der Waals surface area (Å²) in [5.41, 5.74) is 2.25. The van der Waals surface area contributed by atoms with E-state index in [2.05, 4.69) is 28.7 Å². The van der Waals surface area contributed by atoms with E-state index in [1.807, 2.05) is 29.2 Å². The van der Waals surface area contributed by atoms with Crippen LogP contribution in [-0.4, -0.2) is 58.5 Å². The van der Waals surface area contributed by atoms with Crippen LogP contribution in [0.1, 0.15) is 35.8 Å². The maximum absolute atomic E-state index is 13.3. The van der Waals surface area contributed by atoms with Gasteiger partial charge in [0, 0.05) is 43.3 Å². The van der Waals surface area contributed by atoms with E-state index in [9.17, 15) is 9.18 Å². The molecule has 3 heterocycles. The van der Waals surface area contributed by atoms with Crippen LogP contribution in [0.2, 0.25) is 0 Å². The summed E-state index contributed by atoms with van der Waals surface area (Å²) in [6.07, 6.45) is 1.80. The third kappa shape index (κ3) is 3.70. The number of halogens is 1. The largest absolute Gasteiger partial charge is 0.480 e. The maximum atomic E-state index is 13.3. The van der Waals surface area contributed by atoms with Crippen LogP contribution in [0.15, 0.2) is 42.6 Å². The molecule has 4 rings (SSSR count). The number of amides is 1. The molecule has 1 aromatic carbocycles. The number of carbonyl (C=O) groups is 1. The highest BCUT2D eigenvalue weighted by Crippen LogP contribution is 2.27. The van der Waals surface area contributed by atoms with Gasteiger partial charge in [0.25, 0.3) is 5.91 Å². The fourth-order valence-electron chi connectivity index (χ4n) is 4.02. The van der Waals surface area contributed by atoms with Gasteiger partial charge in [0.15, 0.2) is 0 Å². The number of aromatic amines is 1. The summed E-state index contributed by atoms with van der Waals surface area (Å²) in [5.74, 6) is 0.0324. The molecule has 1 N–H and O–H groups in total. The molecule has 0 bridgehead atoms. The molecule has 0 spiro atoms. The first-order valence-corrected chi connectivity index (χ1v) is 9.80. The number of carbonyl (C=O) groups excluding carboxylic acids is 1. The number of piperazine rings is 1. The zero-order valence-corrected chi connectivity index (χ0v) is 16.9. The Bertz CT molecular complexity index is 1020. The zero-order valence-electron chi connectivity index (χ0n) is 16.9. The molecule has 152 valence electrons. The Balaban J connectivity index is 1.51. The van der Waals surface area contributed by atoms with Crippen molar-refractivity contribution in [2.45, 2.75) is 25.9 Å². The predicted octanol–water partition coefficient (Wildman–Crippen LogP) is 3.62. The van der Waals surface area contributed by atoms with E-state index >= 15 is 0 Å². The van der Waals surface area contributed by atoms with Crippen LogP contribution in [0.5, 0.6) is 5.88 Å². The first-order valence-electron chi connectivity index (χ1n) is 9.80. The molecule has 0 radical (unpaired) electrons. The molecule has 6 nitrogen and oxygen atoms in total. The lowest BCUT2D eigenvalue weighted by molar-refractivity contribution is 0.0403. The van der Waals surface area contributed by atoms with Crippen molar-refractivity contribution in [3.05, 3.63) is 59.5 Å². The molecule has 0 aliphatic carbocycles. The molecule has 1 aliphatic heterocycles. The third-order valence-electron chi connectivity index (χ3n) is 5.74. The topological polar surface area (TPSA) is 61.5 Å². The zero-order chi connectivity index (χ0) is 20.5. The molecule has 1 fully saturated rings. The highest BCUT2D eigenvalue weighted by atomic mass is 19.1. The number of hydrogen-bond donors (Lipinski definition) is 1. The Labute approximate surface area is 169 Å². The number of benzene rings is 1. The summed E-state index contributed by atoms with van der Waals surface area (Å²) in [4.78, 5) is 24.9. The number of rotatable bonds is 4. The Hall–Kier alpha value is -2.93. The van der Waals surface area contributed by atoms with Crippen molar-refractivity contribution < 1.29 is 13.9 Å². The molecule has 7 heteroatoms. The fraction of sp³-hybridized carbons (Fsp3) is 0.364. The lowest BCUT2D eigenvalue weighted by atomic mass is 10.0. The van der Waals surface area contributed by atoms with E-state index in [0.29, 0.717) is 23.6 Å². The van der Waals surface area contributed by atoms with Crippen LogP contribution >= 0.6 is 0 Å². The molecule has 1 amide bonds. The highest BCUT2D eigenvalue weighted by molar-refractivity contribution is 5.99. The van der Waals surface area contributed by atoms with Gasteiger partial charge in [-0.25, -0.2) is 4.39 Å². The SMILES string of the molecule is COc1nc2[nH]ccc2cc1C(=O)N1CCN([C@H](C)c2ccc(F)cc2)CC1C. The van der Waals surface area contributed by atoms with Gasteiger partial charge >= 0.3 is 0 Å². The van der Waals surface area contributed by atoms with Crippen molar-refractivity contribution in [1.82, 2.24) is 19.8 Å². The standard InChI is InChI=1S/C22H25FN4O2/c1-14-13-26(15(2)16-4-6-18(23)7-5-16)10-11-27(14)22(28)19-12-17-8-9-24-20(17)25-21(19)29-3/h4-9,12,14-15H,10-11,13H2,1-3H3,(H,24,25)/t14?,15-/m1/s1. The van der Waals surface area contributed by atoms with Crippen LogP contribution in [0, 0.1) is 5.82 Å². The van der Waals surface area contributed by atoms with Crippen LogP contribution in [0.3, 0.4) is 0 Å². The first kappa shape index (κ1) is 19.4. The maximum Gasteiger partial charge on any atom is 0.259 e. The number of methoxy groups -OCH3 is 1. The predicted molar refractivity (Wildman–Crippen MR) is 110 cm³/mol. The van der Waals surface area contributed by atoms with Gasteiger partial charge in [-0.05, 0) is 43.7 Å². The Morgan fingerprint density at radius 2 is 2.03 bits per heavy atom. The summed E-state index contributed by atoms with van der Waals surface area (Å²) < 4.78 is 18.6. The number of H-pyrrole nitrogens is 1. The molecule has 1 unspecified atom stereocenters. The number of fused-ring (bicyclic) bond motifs is 1. The second-order valence-corrected chi connectivity index (χ2v) is 7.53. The Kier molecular flexibility index (Phi) is 5.24. The molecular weight excluding hydrogens is 371 g/mol. The van der Waals surface area contributed by atoms with E-state index in [0.717, 1.165) is 24.0 Å². The van der Waals surface area contributed by atoms with E-state index in [-0.39, 0.29) is 23.8 Å². The Morgan fingerprint density at radius 3 is 2.72 bits per heavy atom. The van der Waals surface area contributed by atoms with Crippen LogP contribution in [0.25, 0.3) is 11.0 Å². The van der Waals surface area contributed by atoms with E-state index in [1.165, 1.54) is 19.2 Å². The second kappa shape index (κ2) is 7.83. The lowest BCUT2D eigenvalue weighted by Crippen LogP contribution is -2.54. The molecule has 0 saturated carbocycles. The molecular formula is C22H25FN4O2. The van der Waals surface area contributed by atoms with E-state index in [1.54, 1.807) is 6.20 Å². The second-order valence-electron chi connectivity index (χ2n) is 7.53. The van der Waals surface area contributed by atoms with Gasteiger partial charge in [-0.15, -0.1) is 0 Å². The van der Waals surface area contributed by atoms with Crippen molar-refractivity contribution in [3.8, 4) is 5.88 Å². The lowest BCUT2D eigenvalue weighted by Gasteiger charge is -2.42. The van der Waals surface area contributed by atoms with Crippen molar-refractivity contribution in [2.75, 3.05) is 26.7 Å². The van der Waals surface area contributed by atoms with Gasteiger partial charge in [0.05, 0.1) is 7.11 Å². The Morgan fingerprint density at radius 1 is 1.28 bits per heavy atom. The number of ether oxygens (including phenoxy) is 1. The smallest absolute Gasteiger partial charge is 0.259 e. The van der Waals surface area contributed by atoms with E-state index in [4.69, 9.17) is 4.74 Å². The minimum Gasteiger partial charge on any atom is -0.480 e. The van der Waals surface area contributed by atoms with Gasteiger partial charge in [-0.1, -0.05) is 12.1 Å². The number of nitrogens with one attached hydrogen (secondary N) is 1. The van der Waals surface area contributed by atoms with Crippen LogP contribution in [-0.2, 0) is 0 Å².